The highest BCUT2D eigenvalue weighted by Gasteiger charge is 2.29. The third-order valence-corrected chi connectivity index (χ3v) is 5.95. The second kappa shape index (κ2) is 9.70. The molecule has 1 saturated heterocycles. The van der Waals surface area contributed by atoms with E-state index >= 15 is 0 Å². The summed E-state index contributed by atoms with van der Waals surface area (Å²) in [7, 11) is 0. The van der Waals surface area contributed by atoms with Crippen LogP contribution in [0.5, 0.6) is 0 Å². The molecule has 1 aromatic heterocycles. The number of nitrogens with one attached hydrogen (secondary N) is 1. The summed E-state index contributed by atoms with van der Waals surface area (Å²) >= 11 is 1.45. The largest absolute Gasteiger partial charge is 0.459 e. The maximum absolute atomic E-state index is 13.0. The predicted octanol–water partition coefficient (Wildman–Crippen LogP) is 4.62. The number of rotatable bonds is 6. The average molecular weight is 440 g/mol. The maximum atomic E-state index is 13.0. The topological polar surface area (TPSA) is 71.5 Å². The zero-order valence-electron chi connectivity index (χ0n) is 16.8. The van der Waals surface area contributed by atoms with Gasteiger partial charge >= 0.3 is 5.97 Å². The van der Waals surface area contributed by atoms with Gasteiger partial charge in [-0.25, -0.2) is 9.37 Å². The lowest BCUT2D eigenvalue weighted by Crippen LogP contribution is -2.40. The van der Waals surface area contributed by atoms with Gasteiger partial charge in [0.1, 0.15) is 12.4 Å². The number of thiazole rings is 1. The molecule has 31 heavy (non-hydrogen) atoms. The number of piperidine rings is 1. The number of halogens is 1. The normalized spacial score (nSPS) is 14.3. The van der Waals surface area contributed by atoms with Crippen LogP contribution in [0.2, 0.25) is 0 Å². The molecule has 2 aromatic carbocycles. The van der Waals surface area contributed by atoms with Gasteiger partial charge in [-0.3, -0.25) is 9.59 Å². The van der Waals surface area contributed by atoms with Gasteiger partial charge in [0.25, 0.3) is 5.91 Å². The van der Waals surface area contributed by atoms with Crippen molar-refractivity contribution < 1.29 is 18.7 Å². The molecule has 1 N–H and O–H groups in total. The first-order valence-electron chi connectivity index (χ1n) is 10.1. The van der Waals surface area contributed by atoms with Crippen molar-refractivity contribution in [3.8, 4) is 0 Å². The molecule has 2 heterocycles. The summed E-state index contributed by atoms with van der Waals surface area (Å²) in [6.45, 7) is 1.07. The third kappa shape index (κ3) is 5.46. The molecule has 160 valence electrons. The first-order chi connectivity index (χ1) is 15.1. The second-order valence-electron chi connectivity index (χ2n) is 7.32. The smallest absolute Gasteiger partial charge is 0.309 e. The minimum Gasteiger partial charge on any atom is -0.459 e. The van der Waals surface area contributed by atoms with E-state index in [1.807, 2.05) is 35.7 Å². The number of benzene rings is 2. The minimum atomic E-state index is -0.374. The van der Waals surface area contributed by atoms with Crippen molar-refractivity contribution in [2.24, 2.45) is 5.92 Å². The Bertz CT molecular complexity index is 1030. The van der Waals surface area contributed by atoms with Gasteiger partial charge in [0.05, 0.1) is 11.6 Å². The van der Waals surface area contributed by atoms with Gasteiger partial charge in [-0.15, -0.1) is 11.3 Å². The molecule has 0 unspecified atom stereocenters. The lowest BCUT2D eigenvalue weighted by atomic mass is 9.96. The number of hydrogen-bond donors (Lipinski definition) is 1. The molecule has 1 fully saturated rings. The van der Waals surface area contributed by atoms with Gasteiger partial charge in [-0.05, 0) is 49.2 Å². The second-order valence-corrected chi connectivity index (χ2v) is 8.17. The van der Waals surface area contributed by atoms with Gasteiger partial charge in [-0.1, -0.05) is 18.2 Å². The minimum absolute atomic E-state index is 0.126. The Morgan fingerprint density at radius 2 is 1.81 bits per heavy atom. The van der Waals surface area contributed by atoms with Crippen molar-refractivity contribution in [3.05, 3.63) is 77.1 Å². The Labute approximate surface area is 183 Å². The molecule has 8 heteroatoms. The predicted molar refractivity (Wildman–Crippen MR) is 117 cm³/mol. The van der Waals surface area contributed by atoms with Crippen molar-refractivity contribution >= 4 is 34.0 Å². The molecule has 1 aliphatic heterocycles. The lowest BCUT2D eigenvalue weighted by molar-refractivity contribution is -0.151. The number of carbonyl (C=O) groups excluding carboxylic acids is 2. The van der Waals surface area contributed by atoms with Gasteiger partial charge in [-0.2, -0.15) is 0 Å². The Hall–Kier alpha value is -3.26. The van der Waals surface area contributed by atoms with Crippen LogP contribution in [0.25, 0.3) is 0 Å². The van der Waals surface area contributed by atoms with Crippen LogP contribution in [-0.2, 0) is 16.1 Å². The SMILES string of the molecule is O=C(OCc1csc(Nc2ccccc2)n1)C1CCN(C(=O)c2ccc(F)cc2)CC1. The molecule has 6 nitrogen and oxygen atoms in total. The number of carbonyl (C=O) groups is 2. The highest BCUT2D eigenvalue weighted by molar-refractivity contribution is 7.13. The summed E-state index contributed by atoms with van der Waals surface area (Å²) in [5.74, 6) is -1.02. The van der Waals surface area contributed by atoms with Crippen LogP contribution in [0, 0.1) is 11.7 Å². The maximum Gasteiger partial charge on any atom is 0.309 e. The fourth-order valence-corrected chi connectivity index (χ4v) is 4.15. The number of hydrogen-bond acceptors (Lipinski definition) is 6. The number of para-hydroxylation sites is 1. The van der Waals surface area contributed by atoms with Gasteiger partial charge in [0.15, 0.2) is 5.13 Å². The molecule has 0 aliphatic carbocycles. The van der Waals surface area contributed by atoms with Gasteiger partial charge in [0, 0.05) is 29.7 Å². The number of nitrogens with zero attached hydrogens (tertiary/aromatic N) is 2. The van der Waals surface area contributed by atoms with E-state index in [0.717, 1.165) is 10.8 Å². The molecule has 1 amide bonds. The first kappa shape index (κ1) is 21.0. The number of aromatic nitrogens is 1. The summed E-state index contributed by atoms with van der Waals surface area (Å²) in [4.78, 5) is 31.1. The van der Waals surface area contributed by atoms with E-state index in [9.17, 15) is 14.0 Å². The Morgan fingerprint density at radius 3 is 2.52 bits per heavy atom. The summed E-state index contributed by atoms with van der Waals surface area (Å²) < 4.78 is 18.5. The highest BCUT2D eigenvalue weighted by atomic mass is 32.1. The van der Waals surface area contributed by atoms with E-state index < -0.39 is 0 Å². The Kier molecular flexibility index (Phi) is 6.57. The molecular weight excluding hydrogens is 417 g/mol. The van der Waals surface area contributed by atoms with Crippen molar-refractivity contribution in [3.63, 3.8) is 0 Å². The summed E-state index contributed by atoms with van der Waals surface area (Å²) in [5, 5.41) is 5.82. The van der Waals surface area contributed by atoms with Crippen molar-refractivity contribution in [2.75, 3.05) is 18.4 Å². The number of likely N-dealkylation sites (tertiary alicyclic amines) is 1. The molecule has 0 saturated carbocycles. The molecule has 3 aromatic rings. The quantitative estimate of drug-likeness (QED) is 0.568. The molecular formula is C23H22FN3O3S. The lowest BCUT2D eigenvalue weighted by Gasteiger charge is -2.31. The van der Waals surface area contributed by atoms with Crippen LogP contribution < -0.4 is 5.32 Å². The van der Waals surface area contributed by atoms with E-state index in [-0.39, 0.29) is 30.2 Å². The zero-order chi connectivity index (χ0) is 21.6. The monoisotopic (exact) mass is 439 g/mol. The highest BCUT2D eigenvalue weighted by Crippen LogP contribution is 2.23. The molecule has 0 radical (unpaired) electrons. The van der Waals surface area contributed by atoms with E-state index in [0.29, 0.717) is 37.2 Å². The summed E-state index contributed by atoms with van der Waals surface area (Å²) in [6, 6.07) is 15.2. The van der Waals surface area contributed by atoms with E-state index in [1.165, 1.54) is 35.6 Å². The van der Waals surface area contributed by atoms with Crippen molar-refractivity contribution in [2.45, 2.75) is 19.4 Å². The third-order valence-electron chi connectivity index (χ3n) is 5.15. The molecule has 0 bridgehead atoms. The molecule has 0 atom stereocenters. The first-order valence-corrected chi connectivity index (χ1v) is 10.9. The van der Waals surface area contributed by atoms with Crippen LogP contribution in [0.4, 0.5) is 15.2 Å². The standard InChI is InChI=1S/C23H22FN3O3S/c24-18-8-6-16(7-9-18)21(28)27-12-10-17(11-13-27)22(29)30-14-20-15-31-23(26-20)25-19-4-2-1-3-5-19/h1-9,15,17H,10-14H2,(H,25,26). The van der Waals surface area contributed by atoms with E-state index in [1.54, 1.807) is 4.90 Å². The van der Waals surface area contributed by atoms with Crippen LogP contribution >= 0.6 is 11.3 Å². The van der Waals surface area contributed by atoms with E-state index in [4.69, 9.17) is 4.74 Å². The van der Waals surface area contributed by atoms with E-state index in [2.05, 4.69) is 10.3 Å². The van der Waals surface area contributed by atoms with Crippen LogP contribution in [0.3, 0.4) is 0 Å². The Morgan fingerprint density at radius 1 is 1.10 bits per heavy atom. The number of amides is 1. The number of esters is 1. The van der Waals surface area contributed by atoms with Crippen LogP contribution in [-0.4, -0.2) is 34.8 Å². The van der Waals surface area contributed by atoms with Gasteiger partial charge < -0.3 is 15.0 Å². The fraction of sp³-hybridized carbons (Fsp3) is 0.261. The average Bonchev–Trinajstić information content (AvgIpc) is 3.25. The number of ether oxygens (including phenoxy) is 1. The van der Waals surface area contributed by atoms with Gasteiger partial charge in [0.2, 0.25) is 0 Å². The fourth-order valence-electron chi connectivity index (χ4n) is 3.43. The van der Waals surface area contributed by atoms with Crippen LogP contribution in [0.1, 0.15) is 28.9 Å². The summed E-state index contributed by atoms with van der Waals surface area (Å²) in [6.07, 6.45) is 1.09. The summed E-state index contributed by atoms with van der Waals surface area (Å²) in [5.41, 5.74) is 2.09. The molecule has 1 aliphatic rings. The van der Waals surface area contributed by atoms with Crippen LogP contribution in [0.15, 0.2) is 60.0 Å². The molecule has 4 rings (SSSR count). The molecule has 0 spiro atoms. The zero-order valence-corrected chi connectivity index (χ0v) is 17.6. The Balaban J connectivity index is 1.23. The number of anilines is 2. The van der Waals surface area contributed by atoms with Crippen molar-refractivity contribution in [1.82, 2.24) is 9.88 Å². The van der Waals surface area contributed by atoms with Crippen molar-refractivity contribution in [1.29, 1.82) is 0 Å².